The molecule has 0 fully saturated rings. The zero-order valence-electron chi connectivity index (χ0n) is 11.6. The molecule has 0 aliphatic heterocycles. The summed E-state index contributed by atoms with van der Waals surface area (Å²) in [5, 5.41) is 3.12. The van der Waals surface area contributed by atoms with Crippen molar-refractivity contribution < 1.29 is 22.3 Å². The molecule has 120 valence electrons. The van der Waals surface area contributed by atoms with Crippen molar-refractivity contribution in [2.24, 2.45) is 0 Å². The lowest BCUT2D eigenvalue weighted by molar-refractivity contribution is -0.175. The molecular formula is C14H18BrF4NO. The summed E-state index contributed by atoms with van der Waals surface area (Å²) in [6.45, 7) is 1.26. The van der Waals surface area contributed by atoms with Crippen LogP contribution in [0.15, 0.2) is 22.7 Å². The van der Waals surface area contributed by atoms with E-state index in [0.717, 1.165) is 10.9 Å². The van der Waals surface area contributed by atoms with Crippen molar-refractivity contribution >= 4 is 15.9 Å². The molecule has 1 unspecified atom stereocenters. The first-order valence-corrected chi connectivity index (χ1v) is 7.43. The Bertz CT molecular complexity index is 439. The molecule has 0 radical (unpaired) electrons. The summed E-state index contributed by atoms with van der Waals surface area (Å²) in [5.74, 6) is -0.376. The van der Waals surface area contributed by atoms with Crippen LogP contribution in [0.1, 0.15) is 18.9 Å². The number of nitrogens with one attached hydrogen (secondary N) is 1. The molecule has 2 nitrogen and oxygen atoms in total. The van der Waals surface area contributed by atoms with E-state index in [4.69, 9.17) is 4.74 Å². The fourth-order valence-corrected chi connectivity index (χ4v) is 2.23. The van der Waals surface area contributed by atoms with E-state index in [9.17, 15) is 17.6 Å². The molecule has 0 aliphatic rings. The molecule has 0 saturated carbocycles. The molecule has 0 saturated heterocycles. The van der Waals surface area contributed by atoms with Crippen LogP contribution in [0.25, 0.3) is 0 Å². The van der Waals surface area contributed by atoms with Gasteiger partial charge in [-0.05, 0) is 43.1 Å². The predicted molar refractivity (Wildman–Crippen MR) is 76.8 cm³/mol. The summed E-state index contributed by atoms with van der Waals surface area (Å²) < 4.78 is 55.0. The second-order valence-corrected chi connectivity index (χ2v) is 5.58. The zero-order valence-corrected chi connectivity index (χ0v) is 13.2. The summed E-state index contributed by atoms with van der Waals surface area (Å²) in [5.41, 5.74) is 0.694. The molecular weight excluding hydrogens is 354 g/mol. The molecule has 1 aromatic rings. The monoisotopic (exact) mass is 371 g/mol. The second-order valence-electron chi connectivity index (χ2n) is 4.72. The maximum atomic E-state index is 13.2. The van der Waals surface area contributed by atoms with Crippen LogP contribution in [-0.2, 0) is 11.2 Å². The fraction of sp³-hybridized carbons (Fsp3) is 0.571. The van der Waals surface area contributed by atoms with Crippen molar-refractivity contribution in [1.82, 2.24) is 5.32 Å². The Kier molecular flexibility index (Phi) is 7.62. The smallest absolute Gasteiger partial charge is 0.370 e. The SMILES string of the molecule is CCCNC(COCC(F)(F)F)Cc1cc(F)ccc1Br. The predicted octanol–water partition coefficient (Wildman–Crippen LogP) is 4.08. The minimum Gasteiger partial charge on any atom is -0.370 e. The van der Waals surface area contributed by atoms with Crippen LogP contribution in [0, 0.1) is 5.82 Å². The number of hydrogen-bond donors (Lipinski definition) is 1. The third kappa shape index (κ3) is 7.78. The van der Waals surface area contributed by atoms with E-state index >= 15 is 0 Å². The van der Waals surface area contributed by atoms with Gasteiger partial charge in [0.2, 0.25) is 0 Å². The maximum Gasteiger partial charge on any atom is 0.411 e. The van der Waals surface area contributed by atoms with E-state index < -0.39 is 12.8 Å². The topological polar surface area (TPSA) is 21.3 Å². The van der Waals surface area contributed by atoms with Crippen LogP contribution < -0.4 is 5.32 Å². The van der Waals surface area contributed by atoms with Gasteiger partial charge in [0.15, 0.2) is 0 Å². The number of halogens is 5. The first kappa shape index (κ1) is 18.4. The summed E-state index contributed by atoms with van der Waals surface area (Å²) in [4.78, 5) is 0. The second kappa shape index (κ2) is 8.70. The van der Waals surface area contributed by atoms with Gasteiger partial charge in [-0.15, -0.1) is 0 Å². The summed E-state index contributed by atoms with van der Waals surface area (Å²) in [6, 6.07) is 3.97. The molecule has 1 aromatic carbocycles. The summed E-state index contributed by atoms with van der Waals surface area (Å²) >= 11 is 3.31. The lowest BCUT2D eigenvalue weighted by Gasteiger charge is -2.20. The van der Waals surface area contributed by atoms with Crippen LogP contribution in [0.5, 0.6) is 0 Å². The highest BCUT2D eigenvalue weighted by atomic mass is 79.9. The highest BCUT2D eigenvalue weighted by Gasteiger charge is 2.28. The van der Waals surface area contributed by atoms with Crippen LogP contribution in [-0.4, -0.2) is 32.0 Å². The van der Waals surface area contributed by atoms with Crippen molar-refractivity contribution in [2.75, 3.05) is 19.8 Å². The number of ether oxygens (including phenoxy) is 1. The largest absolute Gasteiger partial charge is 0.411 e. The van der Waals surface area contributed by atoms with Gasteiger partial charge in [-0.3, -0.25) is 0 Å². The number of hydrogen-bond acceptors (Lipinski definition) is 2. The minimum atomic E-state index is -4.34. The fourth-order valence-electron chi connectivity index (χ4n) is 1.82. The molecule has 1 atom stereocenters. The molecule has 0 aliphatic carbocycles. The Morgan fingerprint density at radius 1 is 1.33 bits per heavy atom. The van der Waals surface area contributed by atoms with E-state index in [1.165, 1.54) is 12.1 Å². The third-order valence-electron chi connectivity index (χ3n) is 2.74. The summed E-state index contributed by atoms with van der Waals surface area (Å²) in [6.07, 6.45) is -3.11. The van der Waals surface area contributed by atoms with E-state index in [-0.39, 0.29) is 18.5 Å². The average molecular weight is 372 g/mol. The van der Waals surface area contributed by atoms with Gasteiger partial charge in [0, 0.05) is 10.5 Å². The lowest BCUT2D eigenvalue weighted by atomic mass is 10.1. The highest BCUT2D eigenvalue weighted by Crippen LogP contribution is 2.20. The van der Waals surface area contributed by atoms with Crippen LogP contribution in [0.2, 0.25) is 0 Å². The van der Waals surface area contributed by atoms with Gasteiger partial charge in [-0.25, -0.2) is 4.39 Å². The molecule has 1 N–H and O–H groups in total. The van der Waals surface area contributed by atoms with Gasteiger partial charge in [-0.1, -0.05) is 22.9 Å². The van der Waals surface area contributed by atoms with Gasteiger partial charge in [0.05, 0.1) is 6.61 Å². The normalized spacial score (nSPS) is 13.4. The number of rotatable bonds is 8. The molecule has 0 bridgehead atoms. The van der Waals surface area contributed by atoms with Gasteiger partial charge in [0.1, 0.15) is 12.4 Å². The summed E-state index contributed by atoms with van der Waals surface area (Å²) in [7, 11) is 0. The van der Waals surface area contributed by atoms with Crippen molar-refractivity contribution in [1.29, 1.82) is 0 Å². The Hall–Kier alpha value is -0.660. The van der Waals surface area contributed by atoms with Crippen LogP contribution >= 0.6 is 15.9 Å². The van der Waals surface area contributed by atoms with Gasteiger partial charge >= 0.3 is 6.18 Å². The Morgan fingerprint density at radius 2 is 2.05 bits per heavy atom. The van der Waals surface area contributed by atoms with E-state index in [1.807, 2.05) is 6.92 Å². The maximum absolute atomic E-state index is 13.2. The highest BCUT2D eigenvalue weighted by molar-refractivity contribution is 9.10. The van der Waals surface area contributed by atoms with E-state index in [2.05, 4.69) is 21.2 Å². The first-order valence-electron chi connectivity index (χ1n) is 6.63. The Morgan fingerprint density at radius 3 is 2.67 bits per heavy atom. The van der Waals surface area contributed by atoms with Crippen molar-refractivity contribution in [2.45, 2.75) is 32.0 Å². The van der Waals surface area contributed by atoms with Gasteiger partial charge < -0.3 is 10.1 Å². The Labute approximate surface area is 130 Å². The molecule has 0 heterocycles. The standard InChI is InChI=1S/C14H18BrF4NO/c1-2-5-20-12(8-21-9-14(17,18)19)7-10-6-11(16)3-4-13(10)15/h3-4,6,12,20H,2,5,7-9H2,1H3. The molecule has 1 rings (SSSR count). The van der Waals surface area contributed by atoms with Crippen LogP contribution in [0.4, 0.5) is 17.6 Å². The van der Waals surface area contributed by atoms with Crippen LogP contribution in [0.3, 0.4) is 0 Å². The first-order chi connectivity index (χ1) is 9.81. The molecule has 7 heteroatoms. The van der Waals surface area contributed by atoms with E-state index in [0.29, 0.717) is 18.5 Å². The van der Waals surface area contributed by atoms with Gasteiger partial charge in [0.25, 0.3) is 0 Å². The van der Waals surface area contributed by atoms with E-state index in [1.54, 1.807) is 6.07 Å². The lowest BCUT2D eigenvalue weighted by Crippen LogP contribution is -2.37. The zero-order chi connectivity index (χ0) is 15.9. The van der Waals surface area contributed by atoms with Crippen molar-refractivity contribution in [3.8, 4) is 0 Å². The number of benzene rings is 1. The quantitative estimate of drug-likeness (QED) is 0.695. The van der Waals surface area contributed by atoms with Crippen molar-refractivity contribution in [3.05, 3.63) is 34.1 Å². The Balaban J connectivity index is 2.62. The third-order valence-corrected chi connectivity index (χ3v) is 3.52. The molecule has 0 aromatic heterocycles. The average Bonchev–Trinajstić information content (AvgIpc) is 2.38. The molecule has 0 amide bonds. The minimum absolute atomic E-state index is 0.0809. The molecule has 21 heavy (non-hydrogen) atoms. The van der Waals surface area contributed by atoms with Crippen molar-refractivity contribution in [3.63, 3.8) is 0 Å². The number of alkyl halides is 3. The molecule has 0 spiro atoms. The van der Waals surface area contributed by atoms with Gasteiger partial charge in [-0.2, -0.15) is 13.2 Å².